The third-order valence-corrected chi connectivity index (χ3v) is 4.66. The van der Waals surface area contributed by atoms with Crippen molar-refractivity contribution in [2.75, 3.05) is 13.6 Å². The molecular weight excluding hydrogens is 266 g/mol. The number of likely N-dealkylation sites (N-methyl/N-ethyl adjacent to an activating group) is 1. The molecule has 0 atom stereocenters. The molecule has 0 N–H and O–H groups in total. The van der Waals surface area contributed by atoms with E-state index in [0.29, 0.717) is 13.0 Å². The minimum absolute atomic E-state index is 0.0796. The molecule has 8 heteroatoms. The number of hydrogen-bond donors (Lipinski definition) is 0. The molecule has 0 aliphatic carbocycles. The van der Waals surface area contributed by atoms with Gasteiger partial charge in [-0.1, -0.05) is 11.3 Å². The number of sulfonamides is 1. The van der Waals surface area contributed by atoms with Crippen molar-refractivity contribution < 1.29 is 8.42 Å². The zero-order valence-corrected chi connectivity index (χ0v) is 11.6. The van der Waals surface area contributed by atoms with Crippen molar-refractivity contribution in [3.63, 3.8) is 0 Å². The summed E-state index contributed by atoms with van der Waals surface area (Å²) in [5.74, 6) is 0. The largest absolute Gasteiger partial charge is 0.261 e. The van der Waals surface area contributed by atoms with Crippen LogP contribution in [0.25, 0.3) is 0 Å². The molecule has 2 heterocycles. The van der Waals surface area contributed by atoms with Crippen LogP contribution in [0.1, 0.15) is 5.69 Å². The Bertz CT molecular complexity index is 638. The second-order valence-corrected chi connectivity index (χ2v) is 6.09. The van der Waals surface area contributed by atoms with Gasteiger partial charge in [0.25, 0.3) is 10.0 Å². The maximum absolute atomic E-state index is 12.2. The molecule has 0 spiro atoms. The van der Waals surface area contributed by atoms with E-state index in [-0.39, 0.29) is 5.03 Å². The van der Waals surface area contributed by atoms with Gasteiger partial charge >= 0.3 is 0 Å². The van der Waals surface area contributed by atoms with E-state index in [0.717, 1.165) is 5.69 Å². The number of aromatic nitrogens is 4. The van der Waals surface area contributed by atoms with Crippen molar-refractivity contribution >= 4 is 10.0 Å². The van der Waals surface area contributed by atoms with E-state index >= 15 is 0 Å². The first-order valence-corrected chi connectivity index (χ1v) is 7.17. The van der Waals surface area contributed by atoms with Gasteiger partial charge in [-0.15, -0.1) is 5.10 Å². The van der Waals surface area contributed by atoms with Crippen LogP contribution >= 0.6 is 0 Å². The second kappa shape index (κ2) is 5.45. The molecular formula is C11H15N5O2S. The molecule has 0 radical (unpaired) electrons. The zero-order valence-electron chi connectivity index (χ0n) is 10.8. The summed E-state index contributed by atoms with van der Waals surface area (Å²) in [6.07, 6.45) is 3.49. The van der Waals surface area contributed by atoms with Crippen LogP contribution in [0.4, 0.5) is 0 Å². The SMILES string of the molecule is CN(CCc1ccccn1)S(=O)(=O)c1cnnn1C. The fraction of sp³-hybridized carbons (Fsp3) is 0.364. The lowest BCUT2D eigenvalue weighted by molar-refractivity contribution is 0.461. The molecule has 0 bridgehead atoms. The minimum atomic E-state index is -3.55. The molecule has 19 heavy (non-hydrogen) atoms. The first kappa shape index (κ1) is 13.6. The average molecular weight is 281 g/mol. The molecule has 0 unspecified atom stereocenters. The summed E-state index contributed by atoms with van der Waals surface area (Å²) in [6.45, 7) is 0.352. The van der Waals surface area contributed by atoms with E-state index in [2.05, 4.69) is 15.3 Å². The smallest absolute Gasteiger partial charge is 0.261 e. The first-order chi connectivity index (χ1) is 9.01. The number of aryl methyl sites for hydroxylation is 1. The van der Waals surface area contributed by atoms with Gasteiger partial charge in [0.15, 0.2) is 5.03 Å². The van der Waals surface area contributed by atoms with Crippen LogP contribution in [0.15, 0.2) is 35.6 Å². The molecule has 2 rings (SSSR count). The lowest BCUT2D eigenvalue weighted by atomic mass is 10.3. The summed E-state index contributed by atoms with van der Waals surface area (Å²) >= 11 is 0. The summed E-state index contributed by atoms with van der Waals surface area (Å²) < 4.78 is 27.0. The predicted octanol–water partition coefficient (Wildman–Crippen LogP) is 0.0733. The Morgan fingerprint density at radius 2 is 2.16 bits per heavy atom. The quantitative estimate of drug-likeness (QED) is 0.775. The maximum Gasteiger partial charge on any atom is 0.261 e. The van der Waals surface area contributed by atoms with Gasteiger partial charge in [-0.25, -0.2) is 13.1 Å². The van der Waals surface area contributed by atoms with Gasteiger partial charge in [0, 0.05) is 39.0 Å². The standard InChI is InChI=1S/C11H15N5O2S/c1-15(8-6-10-5-3-4-7-12-10)19(17,18)11-9-13-14-16(11)2/h3-5,7,9H,6,8H2,1-2H3. The molecule has 2 aromatic rings. The Hall–Kier alpha value is -1.80. The summed E-state index contributed by atoms with van der Waals surface area (Å²) in [5.41, 5.74) is 0.854. The lowest BCUT2D eigenvalue weighted by Crippen LogP contribution is -2.30. The van der Waals surface area contributed by atoms with Gasteiger partial charge in [0.1, 0.15) is 0 Å². The fourth-order valence-electron chi connectivity index (χ4n) is 1.61. The fourth-order valence-corrected chi connectivity index (χ4v) is 2.81. The van der Waals surface area contributed by atoms with Crippen LogP contribution in [-0.2, 0) is 23.5 Å². The van der Waals surface area contributed by atoms with Crippen molar-refractivity contribution in [1.82, 2.24) is 24.3 Å². The highest BCUT2D eigenvalue weighted by atomic mass is 32.2. The molecule has 102 valence electrons. The van der Waals surface area contributed by atoms with Crippen molar-refractivity contribution in [3.05, 3.63) is 36.3 Å². The summed E-state index contributed by atoms with van der Waals surface area (Å²) in [5, 5.41) is 7.30. The van der Waals surface area contributed by atoms with Gasteiger partial charge in [-0.2, -0.15) is 4.31 Å². The molecule has 0 saturated heterocycles. The summed E-state index contributed by atoms with van der Waals surface area (Å²) in [6, 6.07) is 5.57. The highest BCUT2D eigenvalue weighted by molar-refractivity contribution is 7.89. The third kappa shape index (κ3) is 2.96. The highest BCUT2D eigenvalue weighted by Crippen LogP contribution is 2.11. The van der Waals surface area contributed by atoms with Gasteiger partial charge in [0.05, 0.1) is 6.20 Å². The molecule has 0 aliphatic rings. The van der Waals surface area contributed by atoms with Gasteiger partial charge in [0.2, 0.25) is 0 Å². The number of hydrogen-bond acceptors (Lipinski definition) is 5. The van der Waals surface area contributed by atoms with E-state index in [9.17, 15) is 8.42 Å². The molecule has 0 aromatic carbocycles. The molecule has 0 amide bonds. The van der Waals surface area contributed by atoms with Crippen LogP contribution in [0, 0.1) is 0 Å². The van der Waals surface area contributed by atoms with E-state index in [1.54, 1.807) is 13.2 Å². The minimum Gasteiger partial charge on any atom is -0.261 e. The normalized spacial score (nSPS) is 11.9. The molecule has 7 nitrogen and oxygen atoms in total. The Balaban J connectivity index is 2.08. The van der Waals surface area contributed by atoms with Crippen molar-refractivity contribution in [3.8, 4) is 0 Å². The van der Waals surface area contributed by atoms with Crippen LogP contribution < -0.4 is 0 Å². The van der Waals surface area contributed by atoms with Gasteiger partial charge in [-0.3, -0.25) is 4.98 Å². The van der Waals surface area contributed by atoms with E-state index in [1.807, 2.05) is 18.2 Å². The van der Waals surface area contributed by atoms with Crippen molar-refractivity contribution in [2.24, 2.45) is 7.05 Å². The van der Waals surface area contributed by atoms with E-state index in [4.69, 9.17) is 0 Å². The Morgan fingerprint density at radius 3 is 2.74 bits per heavy atom. The number of pyridine rings is 1. The van der Waals surface area contributed by atoms with Crippen molar-refractivity contribution in [1.29, 1.82) is 0 Å². The first-order valence-electron chi connectivity index (χ1n) is 5.73. The predicted molar refractivity (Wildman–Crippen MR) is 68.8 cm³/mol. The maximum atomic E-state index is 12.2. The number of rotatable bonds is 5. The van der Waals surface area contributed by atoms with Crippen LogP contribution in [0.3, 0.4) is 0 Å². The van der Waals surface area contributed by atoms with E-state index in [1.165, 1.54) is 22.2 Å². The second-order valence-electron chi connectivity index (χ2n) is 4.09. The van der Waals surface area contributed by atoms with Crippen molar-refractivity contribution in [2.45, 2.75) is 11.4 Å². The Morgan fingerprint density at radius 1 is 1.37 bits per heavy atom. The summed E-state index contributed by atoms with van der Waals surface area (Å²) in [4.78, 5) is 4.16. The van der Waals surface area contributed by atoms with Crippen LogP contribution in [0.2, 0.25) is 0 Å². The Labute approximate surface area is 111 Å². The zero-order chi connectivity index (χ0) is 13.9. The van der Waals surface area contributed by atoms with Gasteiger partial charge in [-0.05, 0) is 12.1 Å². The van der Waals surface area contributed by atoms with E-state index < -0.39 is 10.0 Å². The molecule has 0 aliphatic heterocycles. The molecule has 2 aromatic heterocycles. The third-order valence-electron chi connectivity index (χ3n) is 2.76. The highest BCUT2D eigenvalue weighted by Gasteiger charge is 2.24. The van der Waals surface area contributed by atoms with Crippen LogP contribution in [-0.4, -0.2) is 46.3 Å². The topological polar surface area (TPSA) is 81.0 Å². The van der Waals surface area contributed by atoms with Crippen LogP contribution in [0.5, 0.6) is 0 Å². The van der Waals surface area contributed by atoms with Gasteiger partial charge < -0.3 is 0 Å². The lowest BCUT2D eigenvalue weighted by Gasteiger charge is -2.16. The molecule has 0 saturated carbocycles. The monoisotopic (exact) mass is 281 g/mol. The Kier molecular flexibility index (Phi) is 3.91. The average Bonchev–Trinajstić information content (AvgIpc) is 2.84. The summed E-state index contributed by atoms with van der Waals surface area (Å²) in [7, 11) is -0.472. The number of nitrogens with zero attached hydrogens (tertiary/aromatic N) is 5. The molecule has 0 fully saturated rings.